The third-order valence-corrected chi connectivity index (χ3v) is 4.55. The SMILES string of the molecule is CC(C)NCC(C1CCCCC1)N1CCNCC1.CC=O. The molecular weight excluding hydrogens is 262 g/mol. The second-order valence-electron chi connectivity index (χ2n) is 6.55. The molecule has 0 aromatic rings. The molecule has 0 radical (unpaired) electrons. The Kier molecular flexibility index (Phi) is 9.89. The van der Waals surface area contributed by atoms with Crippen LogP contribution in [0.25, 0.3) is 0 Å². The molecule has 1 aliphatic heterocycles. The second kappa shape index (κ2) is 11.2. The van der Waals surface area contributed by atoms with Gasteiger partial charge in [-0.2, -0.15) is 0 Å². The number of carbonyl (C=O) groups is 1. The van der Waals surface area contributed by atoms with E-state index in [1.54, 1.807) is 0 Å². The summed E-state index contributed by atoms with van der Waals surface area (Å²) in [6.45, 7) is 12.0. The number of carbonyl (C=O) groups excluding carboxylic acids is 1. The number of hydrogen-bond donors (Lipinski definition) is 2. The lowest BCUT2D eigenvalue weighted by Gasteiger charge is -2.41. The first-order valence-electron chi connectivity index (χ1n) is 8.77. The Labute approximate surface area is 131 Å². The molecule has 0 amide bonds. The van der Waals surface area contributed by atoms with Gasteiger partial charge in [0, 0.05) is 44.8 Å². The lowest BCUT2D eigenvalue weighted by molar-refractivity contribution is -0.106. The molecule has 0 spiro atoms. The van der Waals surface area contributed by atoms with Gasteiger partial charge >= 0.3 is 0 Å². The largest absolute Gasteiger partial charge is 0.314 e. The minimum atomic E-state index is 0.610. The van der Waals surface area contributed by atoms with E-state index in [1.807, 2.05) is 0 Å². The molecule has 124 valence electrons. The minimum Gasteiger partial charge on any atom is -0.314 e. The zero-order valence-electron chi connectivity index (χ0n) is 14.2. The average Bonchev–Trinajstić information content (AvgIpc) is 2.50. The van der Waals surface area contributed by atoms with Crippen LogP contribution in [0.3, 0.4) is 0 Å². The van der Waals surface area contributed by atoms with Crippen LogP contribution >= 0.6 is 0 Å². The standard InChI is InChI=1S/C15H31N3.C2H4O/c1-13(2)17-12-15(14-6-4-3-5-7-14)18-10-8-16-9-11-18;1-2-3/h13-17H,3-12H2,1-2H3;2H,1H3. The monoisotopic (exact) mass is 297 g/mol. The highest BCUT2D eigenvalue weighted by molar-refractivity contribution is 5.44. The molecule has 1 aliphatic carbocycles. The summed E-state index contributed by atoms with van der Waals surface area (Å²) in [6, 6.07) is 1.38. The van der Waals surface area contributed by atoms with Gasteiger partial charge in [-0.3, -0.25) is 4.90 Å². The van der Waals surface area contributed by atoms with E-state index in [0.29, 0.717) is 6.04 Å². The lowest BCUT2D eigenvalue weighted by Crippen LogP contribution is -2.55. The topological polar surface area (TPSA) is 44.4 Å². The van der Waals surface area contributed by atoms with Gasteiger partial charge in [0.05, 0.1) is 0 Å². The number of nitrogens with zero attached hydrogens (tertiary/aromatic N) is 1. The first kappa shape index (κ1) is 18.6. The summed E-state index contributed by atoms with van der Waals surface area (Å²) in [4.78, 5) is 11.5. The minimum absolute atomic E-state index is 0.610. The number of hydrogen-bond acceptors (Lipinski definition) is 4. The molecule has 4 nitrogen and oxygen atoms in total. The Balaban J connectivity index is 0.000000677. The maximum Gasteiger partial charge on any atom is 0.116 e. The van der Waals surface area contributed by atoms with Gasteiger partial charge in [-0.15, -0.1) is 0 Å². The van der Waals surface area contributed by atoms with Crippen molar-refractivity contribution in [2.75, 3.05) is 32.7 Å². The van der Waals surface area contributed by atoms with Crippen LogP contribution in [0.15, 0.2) is 0 Å². The van der Waals surface area contributed by atoms with E-state index in [-0.39, 0.29) is 0 Å². The Bertz CT molecular complexity index is 241. The lowest BCUT2D eigenvalue weighted by atomic mass is 9.83. The first-order valence-corrected chi connectivity index (χ1v) is 8.77. The van der Waals surface area contributed by atoms with Crippen LogP contribution in [0, 0.1) is 5.92 Å². The van der Waals surface area contributed by atoms with E-state index in [4.69, 9.17) is 4.79 Å². The van der Waals surface area contributed by atoms with Crippen molar-refractivity contribution >= 4 is 6.29 Å². The third kappa shape index (κ3) is 7.39. The highest BCUT2D eigenvalue weighted by atomic mass is 16.1. The molecule has 1 heterocycles. The van der Waals surface area contributed by atoms with Gasteiger partial charge < -0.3 is 15.4 Å². The van der Waals surface area contributed by atoms with Crippen LogP contribution in [0.4, 0.5) is 0 Å². The van der Waals surface area contributed by atoms with Crippen LogP contribution < -0.4 is 10.6 Å². The number of aldehydes is 1. The van der Waals surface area contributed by atoms with Gasteiger partial charge in [0.15, 0.2) is 0 Å². The molecule has 1 saturated heterocycles. The summed E-state index contributed by atoms with van der Waals surface area (Å²) in [5.41, 5.74) is 0. The molecule has 0 bridgehead atoms. The van der Waals surface area contributed by atoms with Crippen molar-refractivity contribution in [3.63, 3.8) is 0 Å². The third-order valence-electron chi connectivity index (χ3n) is 4.55. The highest BCUT2D eigenvalue weighted by Gasteiger charge is 2.29. The summed E-state index contributed by atoms with van der Waals surface area (Å²) < 4.78 is 0. The fraction of sp³-hybridized carbons (Fsp3) is 0.941. The van der Waals surface area contributed by atoms with Crippen molar-refractivity contribution in [1.29, 1.82) is 0 Å². The summed E-state index contributed by atoms with van der Waals surface area (Å²) in [5, 5.41) is 7.15. The van der Waals surface area contributed by atoms with Crippen LogP contribution in [0.1, 0.15) is 52.9 Å². The molecule has 1 unspecified atom stereocenters. The maximum absolute atomic E-state index is 8.81. The predicted octanol–water partition coefficient (Wildman–Crippen LogP) is 2.04. The van der Waals surface area contributed by atoms with Crippen molar-refractivity contribution in [2.24, 2.45) is 5.92 Å². The van der Waals surface area contributed by atoms with Gasteiger partial charge in [-0.05, 0) is 25.7 Å². The van der Waals surface area contributed by atoms with Crippen molar-refractivity contribution in [3.8, 4) is 0 Å². The summed E-state index contributed by atoms with van der Waals surface area (Å²) in [6.07, 6.45) is 8.02. The number of rotatable bonds is 5. The van der Waals surface area contributed by atoms with Crippen molar-refractivity contribution in [1.82, 2.24) is 15.5 Å². The first-order chi connectivity index (χ1) is 10.2. The van der Waals surface area contributed by atoms with E-state index >= 15 is 0 Å². The van der Waals surface area contributed by atoms with E-state index in [2.05, 4.69) is 29.4 Å². The van der Waals surface area contributed by atoms with E-state index in [1.165, 1.54) is 71.8 Å². The smallest absolute Gasteiger partial charge is 0.116 e. The second-order valence-corrected chi connectivity index (χ2v) is 6.55. The molecule has 4 heteroatoms. The summed E-state index contributed by atoms with van der Waals surface area (Å²) in [5.74, 6) is 0.933. The van der Waals surface area contributed by atoms with Crippen molar-refractivity contribution in [2.45, 2.75) is 65.0 Å². The maximum atomic E-state index is 8.81. The Morgan fingerprint density at radius 3 is 2.29 bits per heavy atom. The highest BCUT2D eigenvalue weighted by Crippen LogP contribution is 2.29. The quantitative estimate of drug-likeness (QED) is 0.762. The van der Waals surface area contributed by atoms with Crippen molar-refractivity contribution < 1.29 is 4.79 Å². The zero-order chi connectivity index (χ0) is 15.5. The molecule has 2 N–H and O–H groups in total. The molecule has 1 atom stereocenters. The fourth-order valence-corrected chi connectivity index (χ4v) is 3.48. The number of piperazine rings is 1. The van der Waals surface area contributed by atoms with E-state index < -0.39 is 0 Å². The van der Waals surface area contributed by atoms with Gasteiger partial charge in [0.1, 0.15) is 6.29 Å². The molecule has 2 aliphatic rings. The van der Waals surface area contributed by atoms with Crippen LogP contribution in [-0.4, -0.2) is 56.0 Å². The Morgan fingerprint density at radius 1 is 1.19 bits per heavy atom. The fourth-order valence-electron chi connectivity index (χ4n) is 3.48. The van der Waals surface area contributed by atoms with Crippen LogP contribution in [0.5, 0.6) is 0 Å². The van der Waals surface area contributed by atoms with Crippen LogP contribution in [0.2, 0.25) is 0 Å². The normalized spacial score (nSPS) is 22.5. The average molecular weight is 297 g/mol. The predicted molar refractivity (Wildman–Crippen MR) is 89.7 cm³/mol. The van der Waals surface area contributed by atoms with Gasteiger partial charge in [-0.1, -0.05) is 33.1 Å². The molecular formula is C17H35N3O. The van der Waals surface area contributed by atoms with E-state index in [9.17, 15) is 0 Å². The summed E-state index contributed by atoms with van der Waals surface area (Å²) in [7, 11) is 0. The Morgan fingerprint density at radius 2 is 1.76 bits per heavy atom. The van der Waals surface area contributed by atoms with E-state index in [0.717, 1.165) is 18.2 Å². The van der Waals surface area contributed by atoms with Gasteiger partial charge in [-0.25, -0.2) is 0 Å². The molecule has 2 rings (SSSR count). The van der Waals surface area contributed by atoms with Crippen molar-refractivity contribution in [3.05, 3.63) is 0 Å². The molecule has 0 aromatic carbocycles. The molecule has 2 fully saturated rings. The summed E-state index contributed by atoms with van der Waals surface area (Å²) >= 11 is 0. The molecule has 1 saturated carbocycles. The Hall–Kier alpha value is -0.450. The number of nitrogens with one attached hydrogen (secondary N) is 2. The molecule has 21 heavy (non-hydrogen) atoms. The molecule has 0 aromatic heterocycles. The van der Waals surface area contributed by atoms with Gasteiger partial charge in [0.2, 0.25) is 0 Å². The van der Waals surface area contributed by atoms with Gasteiger partial charge in [0.25, 0.3) is 0 Å². The van der Waals surface area contributed by atoms with Crippen LogP contribution in [-0.2, 0) is 4.79 Å². The zero-order valence-corrected chi connectivity index (χ0v) is 14.2.